The molecule has 0 aliphatic rings. The number of phosphoric ester groups is 2. The molecule has 0 rings (SSSR count). The van der Waals surface area contributed by atoms with Gasteiger partial charge in [-0.25, -0.2) is 9.13 Å². The lowest BCUT2D eigenvalue weighted by atomic mass is 10.0. The molecule has 0 aliphatic carbocycles. The van der Waals surface area contributed by atoms with Gasteiger partial charge in [0.15, 0.2) is 12.2 Å². The van der Waals surface area contributed by atoms with E-state index in [-0.39, 0.29) is 25.7 Å². The minimum atomic E-state index is -4.96. The number of esters is 4. The van der Waals surface area contributed by atoms with Crippen LogP contribution >= 0.6 is 15.6 Å². The Morgan fingerprint density at radius 2 is 0.381 bits per heavy atom. The molecule has 0 fully saturated rings. The fourth-order valence-corrected chi connectivity index (χ4v) is 15.1. The van der Waals surface area contributed by atoms with E-state index in [1.54, 1.807) is 0 Å². The summed E-state index contributed by atoms with van der Waals surface area (Å²) in [5, 5.41) is 10.7. The van der Waals surface area contributed by atoms with Gasteiger partial charge in [0.05, 0.1) is 26.4 Å². The lowest BCUT2D eigenvalue weighted by Gasteiger charge is -2.21. The summed E-state index contributed by atoms with van der Waals surface area (Å²) < 4.78 is 68.9. The Labute approximate surface area is 645 Å². The molecule has 105 heavy (non-hydrogen) atoms. The van der Waals surface area contributed by atoms with Crippen molar-refractivity contribution in [2.45, 2.75) is 489 Å². The van der Waals surface area contributed by atoms with Crippen LogP contribution in [0.1, 0.15) is 471 Å². The molecular formula is C86H168O17P2. The Kier molecular flexibility index (Phi) is 78.6. The number of carbonyl (C=O) groups is 4. The van der Waals surface area contributed by atoms with Gasteiger partial charge in [0, 0.05) is 25.7 Å². The molecule has 0 saturated heterocycles. The Hall–Kier alpha value is -1.94. The molecule has 0 spiro atoms. The zero-order valence-corrected chi connectivity index (χ0v) is 70.5. The number of aliphatic hydroxyl groups is 1. The van der Waals surface area contributed by atoms with Crippen LogP contribution in [0, 0.1) is 0 Å². The van der Waals surface area contributed by atoms with Gasteiger partial charge in [-0.1, -0.05) is 419 Å². The second-order valence-electron chi connectivity index (χ2n) is 30.9. The van der Waals surface area contributed by atoms with Gasteiger partial charge < -0.3 is 33.8 Å². The van der Waals surface area contributed by atoms with Gasteiger partial charge in [-0.3, -0.25) is 37.3 Å². The molecule has 0 aliphatic heterocycles. The maximum absolute atomic E-state index is 13.1. The summed E-state index contributed by atoms with van der Waals surface area (Å²) in [5.41, 5.74) is 0. The van der Waals surface area contributed by atoms with E-state index >= 15 is 0 Å². The standard InChI is InChI=1S/C86H168O17P2/c1-5-9-13-17-21-25-29-32-35-37-39-40-42-44-46-49-53-57-61-65-69-73-86(91)103-82(77-97-84(89)71-67-63-59-55-51-48-45-43-41-38-36-33-30-26-22-18-14-10-6-2)79-101-105(94,95)99-75-80(87)74-98-104(92,93)100-78-81(76-96-83(88)70-66-62-58-54-50-28-24-20-16-12-8-4)102-85(90)72-68-64-60-56-52-47-34-31-27-23-19-15-11-7-3/h80-82,87H,5-79H2,1-4H3,(H,92,93)(H,94,95)/t80-,81+,82+/m0/s1. The first-order chi connectivity index (χ1) is 51.2. The van der Waals surface area contributed by atoms with Gasteiger partial charge in [-0.2, -0.15) is 0 Å². The minimum absolute atomic E-state index is 0.109. The first-order valence-electron chi connectivity index (χ1n) is 44.8. The van der Waals surface area contributed by atoms with Crippen molar-refractivity contribution in [1.29, 1.82) is 0 Å². The van der Waals surface area contributed by atoms with Crippen LogP contribution in [-0.2, 0) is 65.4 Å². The van der Waals surface area contributed by atoms with E-state index in [0.717, 1.165) is 89.9 Å². The summed E-state index contributed by atoms with van der Waals surface area (Å²) in [5.74, 6) is -2.10. The molecule has 17 nitrogen and oxygen atoms in total. The van der Waals surface area contributed by atoms with E-state index < -0.39 is 97.5 Å². The third kappa shape index (κ3) is 79.9. The first-order valence-corrected chi connectivity index (χ1v) is 47.8. The maximum atomic E-state index is 13.1. The lowest BCUT2D eigenvalue weighted by Crippen LogP contribution is -2.30. The largest absolute Gasteiger partial charge is 0.472 e. The smallest absolute Gasteiger partial charge is 0.462 e. The topological polar surface area (TPSA) is 237 Å². The van der Waals surface area contributed by atoms with Gasteiger partial charge >= 0.3 is 39.5 Å². The van der Waals surface area contributed by atoms with Crippen LogP contribution in [0.2, 0.25) is 0 Å². The van der Waals surface area contributed by atoms with Crippen LogP contribution in [0.15, 0.2) is 0 Å². The predicted octanol–water partition coefficient (Wildman–Crippen LogP) is 26.5. The van der Waals surface area contributed by atoms with E-state index in [2.05, 4.69) is 27.7 Å². The van der Waals surface area contributed by atoms with E-state index in [1.165, 1.54) is 302 Å². The Balaban J connectivity index is 5.22. The van der Waals surface area contributed by atoms with Crippen molar-refractivity contribution in [3.8, 4) is 0 Å². The molecular weight excluding hydrogens is 1370 g/mol. The third-order valence-electron chi connectivity index (χ3n) is 20.4. The summed E-state index contributed by atoms with van der Waals surface area (Å²) in [6.07, 6.45) is 75.0. The molecule has 19 heteroatoms. The van der Waals surface area contributed by atoms with Crippen LogP contribution < -0.4 is 0 Å². The zero-order valence-electron chi connectivity index (χ0n) is 68.7. The van der Waals surface area contributed by atoms with Crippen molar-refractivity contribution in [1.82, 2.24) is 0 Å². The molecule has 0 bridgehead atoms. The molecule has 5 atom stereocenters. The van der Waals surface area contributed by atoms with E-state index in [9.17, 15) is 43.2 Å². The number of unbranched alkanes of at least 4 members (excludes halogenated alkanes) is 61. The second-order valence-corrected chi connectivity index (χ2v) is 33.8. The molecule has 0 aromatic carbocycles. The van der Waals surface area contributed by atoms with Crippen molar-refractivity contribution in [3.63, 3.8) is 0 Å². The van der Waals surface area contributed by atoms with E-state index in [0.29, 0.717) is 25.7 Å². The summed E-state index contributed by atoms with van der Waals surface area (Å²) >= 11 is 0. The molecule has 0 aromatic heterocycles. The zero-order chi connectivity index (χ0) is 76.7. The number of aliphatic hydroxyl groups excluding tert-OH is 1. The summed E-state index contributed by atoms with van der Waals surface area (Å²) in [6, 6.07) is 0. The fraction of sp³-hybridized carbons (Fsp3) is 0.953. The average Bonchev–Trinajstić information content (AvgIpc) is 0.918. The molecule has 0 aromatic rings. The van der Waals surface area contributed by atoms with Gasteiger partial charge in [0.25, 0.3) is 0 Å². The monoisotopic (exact) mass is 1540 g/mol. The number of ether oxygens (including phenoxy) is 4. The second kappa shape index (κ2) is 80.1. The fourth-order valence-electron chi connectivity index (χ4n) is 13.5. The predicted molar refractivity (Wildman–Crippen MR) is 432 cm³/mol. The Morgan fingerprint density at radius 1 is 0.229 bits per heavy atom. The van der Waals surface area contributed by atoms with Crippen molar-refractivity contribution >= 4 is 39.5 Å². The van der Waals surface area contributed by atoms with Crippen molar-refractivity contribution in [2.75, 3.05) is 39.6 Å². The summed E-state index contributed by atoms with van der Waals surface area (Å²) in [6.45, 7) is 5.06. The first kappa shape index (κ1) is 103. The van der Waals surface area contributed by atoms with Crippen LogP contribution in [0.3, 0.4) is 0 Å². The van der Waals surface area contributed by atoms with Gasteiger partial charge in [0.1, 0.15) is 19.3 Å². The maximum Gasteiger partial charge on any atom is 0.472 e. The van der Waals surface area contributed by atoms with Crippen LogP contribution in [-0.4, -0.2) is 96.7 Å². The number of hydrogen-bond donors (Lipinski definition) is 3. The third-order valence-corrected chi connectivity index (χ3v) is 22.3. The van der Waals surface area contributed by atoms with Crippen LogP contribution in [0.4, 0.5) is 0 Å². The summed E-state index contributed by atoms with van der Waals surface area (Å²) in [7, 11) is -9.92. The molecule has 0 saturated carbocycles. The molecule has 2 unspecified atom stereocenters. The number of phosphoric acid groups is 2. The molecule has 624 valence electrons. The molecule has 0 radical (unpaired) electrons. The normalized spacial score (nSPS) is 13.7. The Morgan fingerprint density at radius 3 is 0.562 bits per heavy atom. The van der Waals surface area contributed by atoms with Gasteiger partial charge in [-0.15, -0.1) is 0 Å². The van der Waals surface area contributed by atoms with Gasteiger partial charge in [0.2, 0.25) is 0 Å². The molecule has 0 amide bonds. The van der Waals surface area contributed by atoms with E-state index in [4.69, 9.17) is 37.0 Å². The Bertz CT molecular complexity index is 1980. The quantitative estimate of drug-likeness (QED) is 0.0222. The summed E-state index contributed by atoms with van der Waals surface area (Å²) in [4.78, 5) is 73.2. The molecule has 3 N–H and O–H groups in total. The molecule has 0 heterocycles. The lowest BCUT2D eigenvalue weighted by molar-refractivity contribution is -0.161. The van der Waals surface area contributed by atoms with E-state index in [1.807, 2.05) is 0 Å². The number of rotatable bonds is 87. The highest BCUT2D eigenvalue weighted by atomic mass is 31.2. The van der Waals surface area contributed by atoms with Gasteiger partial charge in [-0.05, 0) is 25.7 Å². The highest BCUT2D eigenvalue weighted by molar-refractivity contribution is 7.47. The van der Waals surface area contributed by atoms with Crippen molar-refractivity contribution in [2.24, 2.45) is 0 Å². The van der Waals surface area contributed by atoms with Crippen molar-refractivity contribution in [3.05, 3.63) is 0 Å². The minimum Gasteiger partial charge on any atom is -0.462 e. The number of hydrogen-bond acceptors (Lipinski definition) is 15. The number of carbonyl (C=O) groups excluding carboxylic acids is 4. The average molecular weight is 1540 g/mol. The SMILES string of the molecule is CCCCCCCCCCCCCCCCCCCCCCCC(=O)O[C@H](COC(=O)CCCCCCCCCCCCCCCCCCCCC)COP(=O)(O)OC[C@@H](O)COP(=O)(O)OC[C@@H](COC(=O)CCCCCCCCCCCCC)OC(=O)CCCCCCCCCCCCCCCC. The van der Waals surface area contributed by atoms with Crippen molar-refractivity contribution < 1.29 is 80.2 Å². The van der Waals surface area contributed by atoms with Crippen LogP contribution in [0.25, 0.3) is 0 Å². The highest BCUT2D eigenvalue weighted by Gasteiger charge is 2.30. The highest BCUT2D eigenvalue weighted by Crippen LogP contribution is 2.45. The van der Waals surface area contributed by atoms with Crippen LogP contribution in [0.5, 0.6) is 0 Å².